The Labute approximate surface area is 106 Å². The van der Waals surface area contributed by atoms with Gasteiger partial charge in [-0.1, -0.05) is 6.92 Å². The van der Waals surface area contributed by atoms with Crippen LogP contribution in [0, 0.1) is 0 Å². The molecular formula is C12H17N5O. The first-order valence-corrected chi connectivity index (χ1v) is 5.98. The lowest BCUT2D eigenvalue weighted by Gasteiger charge is -2.11. The second-order valence-electron chi connectivity index (χ2n) is 3.84. The highest BCUT2D eigenvalue weighted by Crippen LogP contribution is 2.26. The Balaban J connectivity index is 2.29. The van der Waals surface area contributed by atoms with E-state index in [4.69, 9.17) is 4.74 Å². The number of aryl methyl sites for hydroxylation is 1. The molecule has 0 radical (unpaired) electrons. The average molecular weight is 247 g/mol. The van der Waals surface area contributed by atoms with Crippen LogP contribution in [0.4, 0.5) is 5.82 Å². The molecule has 0 aliphatic rings. The van der Waals surface area contributed by atoms with Crippen molar-refractivity contribution in [2.24, 2.45) is 7.05 Å². The Kier molecular flexibility index (Phi) is 3.76. The van der Waals surface area contributed by atoms with Crippen LogP contribution < -0.4 is 10.1 Å². The van der Waals surface area contributed by atoms with Crippen molar-refractivity contribution < 1.29 is 4.74 Å². The van der Waals surface area contributed by atoms with Crippen LogP contribution >= 0.6 is 0 Å². The molecule has 0 amide bonds. The minimum Gasteiger partial charge on any atom is -0.435 e. The molecule has 6 nitrogen and oxygen atoms in total. The third-order valence-electron chi connectivity index (χ3n) is 2.50. The minimum atomic E-state index is 0.580. The molecule has 0 unspecified atom stereocenters. The molecule has 2 rings (SSSR count). The van der Waals surface area contributed by atoms with E-state index in [2.05, 4.69) is 27.3 Å². The largest absolute Gasteiger partial charge is 0.435 e. The van der Waals surface area contributed by atoms with E-state index in [1.54, 1.807) is 17.1 Å². The number of anilines is 1. The van der Waals surface area contributed by atoms with Crippen molar-refractivity contribution >= 4 is 5.82 Å². The smallest absolute Gasteiger partial charge is 0.227 e. The van der Waals surface area contributed by atoms with Crippen LogP contribution in [0.1, 0.15) is 19.4 Å². The van der Waals surface area contributed by atoms with E-state index in [-0.39, 0.29) is 0 Å². The van der Waals surface area contributed by atoms with Gasteiger partial charge in [0.1, 0.15) is 12.1 Å². The third-order valence-corrected chi connectivity index (χ3v) is 2.50. The molecular weight excluding hydrogens is 230 g/mol. The summed E-state index contributed by atoms with van der Waals surface area (Å²) < 4.78 is 7.42. The van der Waals surface area contributed by atoms with Crippen LogP contribution in [0.3, 0.4) is 0 Å². The second-order valence-corrected chi connectivity index (χ2v) is 3.84. The molecule has 18 heavy (non-hydrogen) atoms. The summed E-state index contributed by atoms with van der Waals surface area (Å²) in [5.74, 6) is 2.08. The lowest BCUT2D eigenvalue weighted by Crippen LogP contribution is -2.05. The maximum atomic E-state index is 5.73. The molecule has 1 N–H and O–H groups in total. The van der Waals surface area contributed by atoms with Gasteiger partial charge in [-0.3, -0.25) is 4.68 Å². The molecule has 0 saturated heterocycles. The quantitative estimate of drug-likeness (QED) is 0.875. The summed E-state index contributed by atoms with van der Waals surface area (Å²) in [4.78, 5) is 8.41. The molecule has 0 aliphatic heterocycles. The SMILES string of the molecule is CCNc1ncnc(Oc2cnn(C)c2)c1CC. The van der Waals surface area contributed by atoms with Crippen LogP contribution in [0.15, 0.2) is 18.7 Å². The molecule has 0 bridgehead atoms. The van der Waals surface area contributed by atoms with Crippen molar-refractivity contribution in [3.05, 3.63) is 24.3 Å². The fourth-order valence-electron chi connectivity index (χ4n) is 1.69. The summed E-state index contributed by atoms with van der Waals surface area (Å²) in [6.07, 6.45) is 5.77. The van der Waals surface area contributed by atoms with E-state index in [0.717, 1.165) is 24.3 Å². The van der Waals surface area contributed by atoms with Crippen molar-refractivity contribution in [3.8, 4) is 11.6 Å². The summed E-state index contributed by atoms with van der Waals surface area (Å²) >= 11 is 0. The van der Waals surface area contributed by atoms with Gasteiger partial charge in [-0.25, -0.2) is 9.97 Å². The first-order valence-electron chi connectivity index (χ1n) is 5.98. The molecule has 0 saturated carbocycles. The Morgan fingerprint density at radius 3 is 2.78 bits per heavy atom. The number of nitrogens with zero attached hydrogens (tertiary/aromatic N) is 4. The van der Waals surface area contributed by atoms with Gasteiger partial charge in [-0.2, -0.15) is 5.10 Å². The van der Waals surface area contributed by atoms with E-state index < -0.39 is 0 Å². The van der Waals surface area contributed by atoms with Crippen LogP contribution in [0.25, 0.3) is 0 Å². The third kappa shape index (κ3) is 2.58. The average Bonchev–Trinajstić information content (AvgIpc) is 2.76. The molecule has 0 aliphatic carbocycles. The number of nitrogens with one attached hydrogen (secondary N) is 1. The molecule has 0 atom stereocenters. The fourth-order valence-corrected chi connectivity index (χ4v) is 1.69. The van der Waals surface area contributed by atoms with E-state index in [1.165, 1.54) is 6.33 Å². The van der Waals surface area contributed by atoms with Gasteiger partial charge >= 0.3 is 0 Å². The van der Waals surface area contributed by atoms with Gasteiger partial charge in [0, 0.05) is 13.6 Å². The van der Waals surface area contributed by atoms with Crippen LogP contribution in [0.2, 0.25) is 0 Å². The number of hydrogen-bond donors (Lipinski definition) is 1. The van der Waals surface area contributed by atoms with Crippen molar-refractivity contribution in [2.75, 3.05) is 11.9 Å². The number of aromatic nitrogens is 4. The molecule has 0 aromatic carbocycles. The molecule has 0 fully saturated rings. The Bertz CT molecular complexity index is 523. The topological polar surface area (TPSA) is 64.9 Å². The zero-order chi connectivity index (χ0) is 13.0. The fraction of sp³-hybridized carbons (Fsp3) is 0.417. The maximum Gasteiger partial charge on any atom is 0.227 e. The number of hydrogen-bond acceptors (Lipinski definition) is 5. The van der Waals surface area contributed by atoms with Gasteiger partial charge in [0.05, 0.1) is 18.0 Å². The normalized spacial score (nSPS) is 10.4. The van der Waals surface area contributed by atoms with E-state index in [9.17, 15) is 0 Å². The molecule has 2 heterocycles. The standard InChI is InChI=1S/C12H17N5O/c1-4-10-11(13-5-2)14-8-15-12(10)18-9-6-16-17(3)7-9/h6-8H,4-5H2,1-3H3,(H,13,14,15). The number of ether oxygens (including phenoxy) is 1. The van der Waals surface area contributed by atoms with Crippen molar-refractivity contribution in [1.29, 1.82) is 0 Å². The number of rotatable bonds is 5. The van der Waals surface area contributed by atoms with Crippen molar-refractivity contribution in [1.82, 2.24) is 19.7 Å². The molecule has 2 aromatic heterocycles. The molecule has 2 aromatic rings. The predicted molar refractivity (Wildman–Crippen MR) is 68.9 cm³/mol. The predicted octanol–water partition coefficient (Wildman–Crippen LogP) is 2.00. The highest BCUT2D eigenvalue weighted by molar-refractivity contribution is 5.49. The Morgan fingerprint density at radius 2 is 2.17 bits per heavy atom. The lowest BCUT2D eigenvalue weighted by molar-refractivity contribution is 0.455. The van der Waals surface area contributed by atoms with Gasteiger partial charge in [0.15, 0.2) is 5.75 Å². The monoisotopic (exact) mass is 247 g/mol. The summed E-state index contributed by atoms with van der Waals surface area (Å²) in [6, 6.07) is 0. The zero-order valence-electron chi connectivity index (χ0n) is 10.8. The zero-order valence-corrected chi connectivity index (χ0v) is 10.8. The van der Waals surface area contributed by atoms with Gasteiger partial charge in [0.2, 0.25) is 5.88 Å². The molecule has 96 valence electrons. The lowest BCUT2D eigenvalue weighted by atomic mass is 10.2. The summed E-state index contributed by atoms with van der Waals surface area (Å²) in [5.41, 5.74) is 0.975. The van der Waals surface area contributed by atoms with Crippen LogP contribution in [0.5, 0.6) is 11.6 Å². The van der Waals surface area contributed by atoms with Gasteiger partial charge in [-0.15, -0.1) is 0 Å². The van der Waals surface area contributed by atoms with Gasteiger partial charge < -0.3 is 10.1 Å². The Morgan fingerprint density at radius 1 is 1.33 bits per heavy atom. The summed E-state index contributed by atoms with van der Waals surface area (Å²) in [7, 11) is 1.84. The molecule has 0 spiro atoms. The van der Waals surface area contributed by atoms with Crippen molar-refractivity contribution in [2.45, 2.75) is 20.3 Å². The van der Waals surface area contributed by atoms with Crippen molar-refractivity contribution in [3.63, 3.8) is 0 Å². The van der Waals surface area contributed by atoms with Crippen LogP contribution in [-0.4, -0.2) is 26.3 Å². The summed E-state index contributed by atoms with van der Waals surface area (Å²) in [6.45, 7) is 4.90. The van der Waals surface area contributed by atoms with E-state index in [1.807, 2.05) is 14.0 Å². The first-order chi connectivity index (χ1) is 8.74. The van der Waals surface area contributed by atoms with Gasteiger partial charge in [-0.05, 0) is 13.3 Å². The highest BCUT2D eigenvalue weighted by atomic mass is 16.5. The maximum absolute atomic E-state index is 5.73. The van der Waals surface area contributed by atoms with E-state index >= 15 is 0 Å². The minimum absolute atomic E-state index is 0.580. The van der Waals surface area contributed by atoms with Crippen LogP contribution in [-0.2, 0) is 13.5 Å². The first kappa shape index (κ1) is 12.3. The van der Waals surface area contributed by atoms with Gasteiger partial charge in [0.25, 0.3) is 0 Å². The highest BCUT2D eigenvalue weighted by Gasteiger charge is 2.11. The second kappa shape index (κ2) is 5.48. The Hall–Kier alpha value is -2.11. The molecule has 6 heteroatoms. The van der Waals surface area contributed by atoms with E-state index in [0.29, 0.717) is 11.6 Å². The summed E-state index contributed by atoms with van der Waals surface area (Å²) in [5, 5.41) is 7.27.